The number of oxazole rings is 1. The summed E-state index contributed by atoms with van der Waals surface area (Å²) in [5.74, 6) is 0. The van der Waals surface area contributed by atoms with E-state index in [0.29, 0.717) is 12.6 Å². The molecule has 1 fully saturated rings. The molecular weight excluding hydrogens is 276 g/mol. The van der Waals surface area contributed by atoms with Crippen molar-refractivity contribution in [3.05, 3.63) is 59.7 Å². The molecule has 0 spiro atoms. The van der Waals surface area contributed by atoms with Gasteiger partial charge in [-0.25, -0.2) is 0 Å². The van der Waals surface area contributed by atoms with Gasteiger partial charge >= 0.3 is 0 Å². The van der Waals surface area contributed by atoms with Crippen molar-refractivity contribution >= 4 is 17.1 Å². The molecule has 4 rings (SSSR count). The van der Waals surface area contributed by atoms with E-state index >= 15 is 0 Å². The maximum atomic E-state index is 5.96. The number of ether oxygens (including phenoxy) is 1. The molecule has 0 amide bonds. The third kappa shape index (κ3) is 2.35. The largest absolute Gasteiger partial charge is 0.423 e. The first-order chi connectivity index (χ1) is 10.8. The molecular formula is C18H18N2O2. The smallest absolute Gasteiger partial charge is 0.298 e. The number of aryl methyl sites for hydroxylation is 1. The molecule has 1 saturated heterocycles. The molecule has 1 aliphatic rings. The van der Waals surface area contributed by atoms with Gasteiger partial charge in [0.2, 0.25) is 0 Å². The van der Waals surface area contributed by atoms with Gasteiger partial charge in [0.25, 0.3) is 6.01 Å². The fraction of sp³-hybridized carbons (Fsp3) is 0.278. The SMILES string of the molecule is Cc1ccccc1C1CN(c2nc3ccccc3o2)CCO1. The second-order valence-electron chi connectivity index (χ2n) is 5.63. The van der Waals surface area contributed by atoms with Crippen molar-refractivity contribution in [2.75, 3.05) is 24.6 Å². The van der Waals surface area contributed by atoms with Crippen LogP contribution < -0.4 is 4.90 Å². The van der Waals surface area contributed by atoms with Crippen molar-refractivity contribution in [2.24, 2.45) is 0 Å². The number of fused-ring (bicyclic) bond motifs is 1. The highest BCUT2D eigenvalue weighted by Gasteiger charge is 2.26. The number of para-hydroxylation sites is 2. The van der Waals surface area contributed by atoms with Gasteiger partial charge in [-0.15, -0.1) is 0 Å². The molecule has 1 unspecified atom stereocenters. The predicted molar refractivity (Wildman–Crippen MR) is 86.1 cm³/mol. The minimum absolute atomic E-state index is 0.0602. The van der Waals surface area contributed by atoms with E-state index in [-0.39, 0.29) is 6.10 Å². The van der Waals surface area contributed by atoms with Crippen molar-refractivity contribution in [3.8, 4) is 0 Å². The van der Waals surface area contributed by atoms with Gasteiger partial charge in [-0.1, -0.05) is 36.4 Å². The number of morpholine rings is 1. The predicted octanol–water partition coefficient (Wildman–Crippen LogP) is 3.71. The number of aromatic nitrogens is 1. The maximum absolute atomic E-state index is 5.96. The van der Waals surface area contributed by atoms with Gasteiger partial charge in [0.1, 0.15) is 11.6 Å². The number of hydrogen-bond acceptors (Lipinski definition) is 4. The number of benzene rings is 2. The Morgan fingerprint density at radius 1 is 1.09 bits per heavy atom. The molecule has 0 saturated carbocycles. The van der Waals surface area contributed by atoms with Crippen molar-refractivity contribution in [1.29, 1.82) is 0 Å². The first kappa shape index (κ1) is 13.3. The topological polar surface area (TPSA) is 38.5 Å². The minimum atomic E-state index is 0.0602. The lowest BCUT2D eigenvalue weighted by atomic mass is 10.0. The average Bonchev–Trinajstić information content (AvgIpc) is 2.99. The molecule has 4 heteroatoms. The van der Waals surface area contributed by atoms with E-state index in [2.05, 4.69) is 41.1 Å². The second-order valence-corrected chi connectivity index (χ2v) is 5.63. The van der Waals surface area contributed by atoms with Gasteiger partial charge in [0.05, 0.1) is 13.2 Å². The van der Waals surface area contributed by atoms with Crippen LogP contribution in [0.15, 0.2) is 52.9 Å². The monoisotopic (exact) mass is 294 g/mol. The van der Waals surface area contributed by atoms with E-state index in [9.17, 15) is 0 Å². The molecule has 112 valence electrons. The molecule has 1 aliphatic heterocycles. The van der Waals surface area contributed by atoms with Crippen molar-refractivity contribution < 1.29 is 9.15 Å². The van der Waals surface area contributed by atoms with Gasteiger partial charge < -0.3 is 14.1 Å². The zero-order valence-electron chi connectivity index (χ0n) is 12.5. The van der Waals surface area contributed by atoms with Crippen molar-refractivity contribution in [2.45, 2.75) is 13.0 Å². The molecule has 4 nitrogen and oxygen atoms in total. The van der Waals surface area contributed by atoms with E-state index in [1.807, 2.05) is 24.3 Å². The summed E-state index contributed by atoms with van der Waals surface area (Å²) in [4.78, 5) is 6.76. The Balaban J connectivity index is 1.62. The summed E-state index contributed by atoms with van der Waals surface area (Å²) in [5.41, 5.74) is 4.23. The zero-order chi connectivity index (χ0) is 14.9. The lowest BCUT2D eigenvalue weighted by molar-refractivity contribution is 0.0377. The van der Waals surface area contributed by atoms with Crippen LogP contribution in [-0.4, -0.2) is 24.7 Å². The summed E-state index contributed by atoms with van der Waals surface area (Å²) in [7, 11) is 0. The molecule has 0 bridgehead atoms. The summed E-state index contributed by atoms with van der Waals surface area (Å²) in [6.45, 7) is 4.36. The Hall–Kier alpha value is -2.33. The molecule has 1 atom stereocenters. The minimum Gasteiger partial charge on any atom is -0.423 e. The first-order valence-corrected chi connectivity index (χ1v) is 7.59. The summed E-state index contributed by atoms with van der Waals surface area (Å²) in [6, 6.07) is 16.9. The highest BCUT2D eigenvalue weighted by Crippen LogP contribution is 2.29. The summed E-state index contributed by atoms with van der Waals surface area (Å²) >= 11 is 0. The lowest BCUT2D eigenvalue weighted by Crippen LogP contribution is -2.38. The zero-order valence-corrected chi connectivity index (χ0v) is 12.5. The molecule has 2 aromatic carbocycles. The van der Waals surface area contributed by atoms with Crippen LogP contribution in [0.5, 0.6) is 0 Å². The number of nitrogens with zero attached hydrogens (tertiary/aromatic N) is 2. The summed E-state index contributed by atoms with van der Waals surface area (Å²) in [6.07, 6.45) is 0.0602. The Bertz CT molecular complexity index is 763. The Labute approximate surface area is 129 Å². The van der Waals surface area contributed by atoms with Crippen LogP contribution in [0, 0.1) is 6.92 Å². The molecule has 0 aliphatic carbocycles. The van der Waals surface area contributed by atoms with Crippen LogP contribution in [0.1, 0.15) is 17.2 Å². The molecule has 2 heterocycles. The Kier molecular flexibility index (Phi) is 3.31. The van der Waals surface area contributed by atoms with Crippen LogP contribution in [0.4, 0.5) is 6.01 Å². The van der Waals surface area contributed by atoms with Crippen LogP contribution in [0.25, 0.3) is 11.1 Å². The molecule has 3 aromatic rings. The average molecular weight is 294 g/mol. The fourth-order valence-electron chi connectivity index (χ4n) is 2.95. The standard InChI is InChI=1S/C18H18N2O2/c1-13-6-2-3-7-14(13)17-12-20(10-11-21-17)18-19-15-8-4-5-9-16(15)22-18/h2-9,17H,10-12H2,1H3. The molecule has 22 heavy (non-hydrogen) atoms. The van der Waals surface area contributed by atoms with Gasteiger partial charge in [-0.2, -0.15) is 4.98 Å². The lowest BCUT2D eigenvalue weighted by Gasteiger charge is -2.32. The number of hydrogen-bond donors (Lipinski definition) is 0. The van der Waals surface area contributed by atoms with E-state index in [1.165, 1.54) is 11.1 Å². The van der Waals surface area contributed by atoms with E-state index in [4.69, 9.17) is 9.15 Å². The normalized spacial score (nSPS) is 18.8. The van der Waals surface area contributed by atoms with Crippen LogP contribution in [-0.2, 0) is 4.74 Å². The van der Waals surface area contributed by atoms with Gasteiger partial charge in [-0.05, 0) is 30.2 Å². The van der Waals surface area contributed by atoms with E-state index < -0.39 is 0 Å². The summed E-state index contributed by atoms with van der Waals surface area (Å²) < 4.78 is 11.8. The molecule has 0 radical (unpaired) electrons. The summed E-state index contributed by atoms with van der Waals surface area (Å²) in [5, 5.41) is 0. The van der Waals surface area contributed by atoms with Crippen molar-refractivity contribution in [3.63, 3.8) is 0 Å². The van der Waals surface area contributed by atoms with Gasteiger partial charge in [0.15, 0.2) is 5.58 Å². The van der Waals surface area contributed by atoms with Crippen molar-refractivity contribution in [1.82, 2.24) is 4.98 Å². The first-order valence-electron chi connectivity index (χ1n) is 7.59. The van der Waals surface area contributed by atoms with Crippen LogP contribution >= 0.6 is 0 Å². The maximum Gasteiger partial charge on any atom is 0.298 e. The van der Waals surface area contributed by atoms with Gasteiger partial charge in [-0.3, -0.25) is 0 Å². The second kappa shape index (κ2) is 5.46. The van der Waals surface area contributed by atoms with E-state index in [1.54, 1.807) is 0 Å². The van der Waals surface area contributed by atoms with Gasteiger partial charge in [0, 0.05) is 6.54 Å². The fourth-order valence-corrected chi connectivity index (χ4v) is 2.95. The highest BCUT2D eigenvalue weighted by molar-refractivity contribution is 5.74. The Morgan fingerprint density at radius 3 is 2.77 bits per heavy atom. The highest BCUT2D eigenvalue weighted by atomic mass is 16.5. The van der Waals surface area contributed by atoms with Crippen LogP contribution in [0.3, 0.4) is 0 Å². The quantitative estimate of drug-likeness (QED) is 0.722. The van der Waals surface area contributed by atoms with E-state index in [0.717, 1.165) is 24.2 Å². The third-order valence-electron chi connectivity index (χ3n) is 4.15. The Morgan fingerprint density at radius 2 is 1.91 bits per heavy atom. The third-order valence-corrected chi connectivity index (χ3v) is 4.15. The van der Waals surface area contributed by atoms with Crippen LogP contribution in [0.2, 0.25) is 0 Å². The molecule has 1 aromatic heterocycles. The number of rotatable bonds is 2. The molecule has 0 N–H and O–H groups in total. The number of anilines is 1.